The van der Waals surface area contributed by atoms with Crippen molar-refractivity contribution in [3.63, 3.8) is 0 Å². The number of rotatable bonds is 4. The SMILES string of the molecule is CC1(C)NC(=O)N(Cc2ccc(NC=O)cc2)C1=O. The Labute approximate surface area is 110 Å². The average molecular weight is 261 g/mol. The highest BCUT2D eigenvalue weighted by molar-refractivity contribution is 6.06. The highest BCUT2D eigenvalue weighted by Crippen LogP contribution is 2.19. The van der Waals surface area contributed by atoms with Crippen molar-refractivity contribution in [1.29, 1.82) is 0 Å². The number of hydrogen-bond acceptors (Lipinski definition) is 3. The van der Waals surface area contributed by atoms with Gasteiger partial charge in [0.15, 0.2) is 0 Å². The van der Waals surface area contributed by atoms with Crippen LogP contribution < -0.4 is 10.6 Å². The van der Waals surface area contributed by atoms with Gasteiger partial charge in [-0.2, -0.15) is 0 Å². The van der Waals surface area contributed by atoms with Crippen molar-refractivity contribution in [2.75, 3.05) is 5.32 Å². The maximum atomic E-state index is 12.0. The predicted octanol–water partition coefficient (Wildman–Crippen LogP) is 1.09. The van der Waals surface area contributed by atoms with Gasteiger partial charge in [0, 0.05) is 5.69 Å². The summed E-state index contributed by atoms with van der Waals surface area (Å²) in [5, 5.41) is 5.14. The van der Waals surface area contributed by atoms with Gasteiger partial charge in [0.2, 0.25) is 6.41 Å². The van der Waals surface area contributed by atoms with E-state index >= 15 is 0 Å². The van der Waals surface area contributed by atoms with Gasteiger partial charge in [0.05, 0.1) is 6.54 Å². The van der Waals surface area contributed by atoms with E-state index in [2.05, 4.69) is 10.6 Å². The van der Waals surface area contributed by atoms with Gasteiger partial charge in [-0.05, 0) is 31.5 Å². The third-order valence-electron chi connectivity index (χ3n) is 2.96. The largest absolute Gasteiger partial charge is 0.329 e. The van der Waals surface area contributed by atoms with Crippen molar-refractivity contribution < 1.29 is 14.4 Å². The van der Waals surface area contributed by atoms with Crippen molar-refractivity contribution in [3.05, 3.63) is 29.8 Å². The minimum Gasteiger partial charge on any atom is -0.329 e. The average Bonchev–Trinajstić information content (AvgIpc) is 2.54. The maximum absolute atomic E-state index is 12.0. The Balaban J connectivity index is 2.11. The fourth-order valence-electron chi connectivity index (χ4n) is 1.92. The second kappa shape index (κ2) is 4.72. The number of nitrogens with one attached hydrogen (secondary N) is 2. The molecule has 0 saturated carbocycles. The van der Waals surface area contributed by atoms with E-state index < -0.39 is 5.54 Å². The van der Waals surface area contributed by atoms with E-state index in [9.17, 15) is 14.4 Å². The molecule has 0 spiro atoms. The van der Waals surface area contributed by atoms with Crippen LogP contribution in [0.25, 0.3) is 0 Å². The van der Waals surface area contributed by atoms with Gasteiger partial charge in [-0.25, -0.2) is 4.79 Å². The standard InChI is InChI=1S/C13H15N3O3/c1-13(2)11(18)16(12(19)15-13)7-9-3-5-10(6-4-9)14-8-17/h3-6,8H,7H2,1-2H3,(H,14,17)(H,15,19). The summed E-state index contributed by atoms with van der Waals surface area (Å²) in [7, 11) is 0. The highest BCUT2D eigenvalue weighted by Gasteiger charge is 2.43. The van der Waals surface area contributed by atoms with Crippen molar-refractivity contribution >= 4 is 24.0 Å². The molecule has 1 fully saturated rings. The van der Waals surface area contributed by atoms with E-state index in [1.807, 2.05) is 0 Å². The molecule has 1 saturated heterocycles. The fourth-order valence-corrected chi connectivity index (χ4v) is 1.92. The number of benzene rings is 1. The molecule has 0 unspecified atom stereocenters. The molecule has 1 aromatic carbocycles. The lowest BCUT2D eigenvalue weighted by Gasteiger charge is -2.16. The van der Waals surface area contributed by atoms with E-state index in [0.29, 0.717) is 12.1 Å². The molecule has 100 valence electrons. The Hall–Kier alpha value is -2.37. The van der Waals surface area contributed by atoms with Crippen molar-refractivity contribution in [2.24, 2.45) is 0 Å². The van der Waals surface area contributed by atoms with E-state index in [1.54, 1.807) is 38.1 Å². The first kappa shape index (κ1) is 13.1. The number of carbonyl (C=O) groups excluding carboxylic acids is 3. The number of nitrogens with zero attached hydrogens (tertiary/aromatic N) is 1. The first-order valence-electron chi connectivity index (χ1n) is 5.87. The molecule has 1 aliphatic heterocycles. The molecule has 0 atom stereocenters. The Morgan fingerprint density at radius 1 is 1.26 bits per heavy atom. The summed E-state index contributed by atoms with van der Waals surface area (Å²) in [5.41, 5.74) is 0.629. The van der Waals surface area contributed by atoms with Crippen LogP contribution in [0.4, 0.5) is 10.5 Å². The number of hydrogen-bond donors (Lipinski definition) is 2. The molecule has 0 bridgehead atoms. The van der Waals surface area contributed by atoms with Gasteiger partial charge in [-0.3, -0.25) is 14.5 Å². The summed E-state index contributed by atoms with van der Waals surface area (Å²) in [5.74, 6) is -0.243. The summed E-state index contributed by atoms with van der Waals surface area (Å²) in [6.45, 7) is 3.56. The van der Waals surface area contributed by atoms with Gasteiger partial charge in [0.1, 0.15) is 5.54 Å². The zero-order chi connectivity index (χ0) is 14.0. The van der Waals surface area contributed by atoms with Crippen LogP contribution in [-0.4, -0.2) is 28.8 Å². The van der Waals surface area contributed by atoms with Gasteiger partial charge < -0.3 is 10.6 Å². The molecule has 4 amide bonds. The number of carbonyl (C=O) groups is 3. The van der Waals surface area contributed by atoms with Crippen LogP contribution in [0.15, 0.2) is 24.3 Å². The second-order valence-electron chi connectivity index (χ2n) is 4.91. The number of imide groups is 1. The summed E-state index contributed by atoms with van der Waals surface area (Å²) >= 11 is 0. The molecule has 1 aromatic rings. The van der Waals surface area contributed by atoms with E-state index in [-0.39, 0.29) is 18.5 Å². The zero-order valence-corrected chi connectivity index (χ0v) is 10.8. The third kappa shape index (κ3) is 2.57. The van der Waals surface area contributed by atoms with Gasteiger partial charge >= 0.3 is 6.03 Å². The third-order valence-corrected chi connectivity index (χ3v) is 2.96. The van der Waals surface area contributed by atoms with Gasteiger partial charge in [-0.1, -0.05) is 12.1 Å². The molecule has 6 nitrogen and oxygen atoms in total. The zero-order valence-electron chi connectivity index (χ0n) is 10.8. The van der Waals surface area contributed by atoms with Gasteiger partial charge in [0.25, 0.3) is 5.91 Å². The molecule has 1 heterocycles. The lowest BCUT2D eigenvalue weighted by molar-refractivity contribution is -0.130. The van der Waals surface area contributed by atoms with Crippen molar-refractivity contribution in [1.82, 2.24) is 10.2 Å². The van der Waals surface area contributed by atoms with Crippen LogP contribution in [0.1, 0.15) is 19.4 Å². The minimum absolute atomic E-state index is 0.218. The Bertz CT molecular complexity index is 522. The quantitative estimate of drug-likeness (QED) is 0.629. The molecule has 2 N–H and O–H groups in total. The Kier molecular flexibility index (Phi) is 3.25. The molecule has 19 heavy (non-hydrogen) atoms. The summed E-state index contributed by atoms with van der Waals surface area (Å²) in [6.07, 6.45) is 0.592. The summed E-state index contributed by atoms with van der Waals surface area (Å²) in [6, 6.07) is 6.57. The summed E-state index contributed by atoms with van der Waals surface area (Å²) < 4.78 is 0. The van der Waals surface area contributed by atoms with Crippen LogP contribution in [0.5, 0.6) is 0 Å². The highest BCUT2D eigenvalue weighted by atomic mass is 16.2. The minimum atomic E-state index is -0.851. The number of urea groups is 1. The molecular weight excluding hydrogens is 246 g/mol. The molecular formula is C13H15N3O3. The molecule has 0 radical (unpaired) electrons. The van der Waals surface area contributed by atoms with E-state index in [1.165, 1.54) is 4.90 Å². The molecule has 0 aromatic heterocycles. The fraction of sp³-hybridized carbons (Fsp3) is 0.308. The lowest BCUT2D eigenvalue weighted by atomic mass is 10.1. The van der Waals surface area contributed by atoms with Crippen LogP contribution >= 0.6 is 0 Å². The maximum Gasteiger partial charge on any atom is 0.325 e. The molecule has 1 aliphatic rings. The number of anilines is 1. The molecule has 0 aliphatic carbocycles. The summed E-state index contributed by atoms with van der Waals surface area (Å²) in [4.78, 5) is 35.2. The normalized spacial score (nSPS) is 17.3. The van der Waals surface area contributed by atoms with Crippen molar-refractivity contribution in [2.45, 2.75) is 25.9 Å². The second-order valence-corrected chi connectivity index (χ2v) is 4.91. The number of amides is 4. The van der Waals surface area contributed by atoms with Crippen LogP contribution in [-0.2, 0) is 16.1 Å². The monoisotopic (exact) mass is 261 g/mol. The Morgan fingerprint density at radius 3 is 2.37 bits per heavy atom. The molecule has 2 rings (SSSR count). The first-order valence-corrected chi connectivity index (χ1v) is 5.87. The first-order chi connectivity index (χ1) is 8.94. The van der Waals surface area contributed by atoms with Gasteiger partial charge in [-0.15, -0.1) is 0 Å². The predicted molar refractivity (Wildman–Crippen MR) is 69.3 cm³/mol. The van der Waals surface area contributed by atoms with Crippen LogP contribution in [0, 0.1) is 0 Å². The Morgan fingerprint density at radius 2 is 1.89 bits per heavy atom. The van der Waals surface area contributed by atoms with E-state index in [4.69, 9.17) is 0 Å². The van der Waals surface area contributed by atoms with E-state index in [0.717, 1.165) is 5.56 Å². The smallest absolute Gasteiger partial charge is 0.325 e. The topological polar surface area (TPSA) is 78.5 Å². The van der Waals surface area contributed by atoms with Crippen LogP contribution in [0.2, 0.25) is 0 Å². The van der Waals surface area contributed by atoms with Crippen molar-refractivity contribution in [3.8, 4) is 0 Å². The lowest BCUT2D eigenvalue weighted by Crippen LogP contribution is -2.40. The molecule has 6 heteroatoms. The van der Waals surface area contributed by atoms with Crippen LogP contribution in [0.3, 0.4) is 0 Å².